The van der Waals surface area contributed by atoms with Gasteiger partial charge in [-0.05, 0) is 85.0 Å². The fraction of sp³-hybridized carbons (Fsp3) is 0.0667. The Morgan fingerprint density at radius 2 is 1.66 bits per heavy atom. The van der Waals surface area contributed by atoms with E-state index in [2.05, 4.69) is 10.3 Å². The number of pyridine rings is 1. The Hall–Kier alpha value is -3.89. The van der Waals surface area contributed by atoms with Crippen LogP contribution in [0, 0.1) is 10.1 Å². The van der Waals surface area contributed by atoms with Crippen LogP contribution in [-0.2, 0) is 0 Å². The SMILES string of the molecule is O=[N+]([O-])c1ccc(Sc2ccc(N3C(=S)NC(c4ccccn4)C3c3ccc(-c4cccc(Cl)c4Cl)o3)cc2)cc1. The van der Waals surface area contributed by atoms with Crippen LogP contribution in [0.4, 0.5) is 11.4 Å². The van der Waals surface area contributed by atoms with Gasteiger partial charge in [0.2, 0.25) is 0 Å². The van der Waals surface area contributed by atoms with E-state index >= 15 is 0 Å². The number of nitrogens with one attached hydrogen (secondary N) is 1. The number of furan rings is 1. The van der Waals surface area contributed by atoms with E-state index in [0.717, 1.165) is 21.2 Å². The average molecular weight is 620 g/mol. The number of nitro groups is 1. The number of non-ortho nitro benzene ring substituents is 1. The lowest BCUT2D eigenvalue weighted by atomic mass is 10.0. The number of rotatable bonds is 7. The highest BCUT2D eigenvalue weighted by atomic mass is 35.5. The highest BCUT2D eigenvalue weighted by molar-refractivity contribution is 7.99. The first-order valence-electron chi connectivity index (χ1n) is 12.5. The lowest BCUT2D eigenvalue weighted by Gasteiger charge is -2.26. The van der Waals surface area contributed by atoms with E-state index < -0.39 is 4.92 Å². The number of nitro benzene ring substituents is 1. The van der Waals surface area contributed by atoms with Gasteiger partial charge in [0, 0.05) is 39.4 Å². The number of benzene rings is 3. The predicted molar refractivity (Wildman–Crippen MR) is 166 cm³/mol. The Labute approximate surface area is 255 Å². The average Bonchev–Trinajstić information content (AvgIpc) is 3.60. The minimum absolute atomic E-state index is 0.0620. The van der Waals surface area contributed by atoms with Gasteiger partial charge in [0.25, 0.3) is 5.69 Å². The molecule has 11 heteroatoms. The zero-order valence-corrected chi connectivity index (χ0v) is 24.3. The second-order valence-electron chi connectivity index (χ2n) is 9.15. The normalized spacial score (nSPS) is 16.5. The van der Waals surface area contributed by atoms with E-state index in [1.807, 2.05) is 71.6 Å². The van der Waals surface area contributed by atoms with Crippen LogP contribution in [0.25, 0.3) is 11.3 Å². The van der Waals surface area contributed by atoms with Crippen molar-refractivity contribution in [3.8, 4) is 11.3 Å². The second-order valence-corrected chi connectivity index (χ2v) is 11.5. The Morgan fingerprint density at radius 3 is 2.34 bits per heavy atom. The van der Waals surface area contributed by atoms with Crippen LogP contribution >= 0.6 is 47.2 Å². The molecule has 1 N–H and O–H groups in total. The van der Waals surface area contributed by atoms with E-state index in [-0.39, 0.29) is 17.8 Å². The molecule has 41 heavy (non-hydrogen) atoms. The van der Waals surface area contributed by atoms with Gasteiger partial charge in [-0.15, -0.1) is 0 Å². The first-order chi connectivity index (χ1) is 19.9. The lowest BCUT2D eigenvalue weighted by Crippen LogP contribution is -2.29. The van der Waals surface area contributed by atoms with E-state index in [9.17, 15) is 10.1 Å². The molecular formula is C30H20Cl2N4O3S2. The summed E-state index contributed by atoms with van der Waals surface area (Å²) >= 11 is 20.1. The molecule has 0 radical (unpaired) electrons. The van der Waals surface area contributed by atoms with Crippen LogP contribution in [0.15, 0.2) is 117 Å². The van der Waals surface area contributed by atoms with Crippen LogP contribution < -0.4 is 10.2 Å². The fourth-order valence-electron chi connectivity index (χ4n) is 4.72. The van der Waals surface area contributed by atoms with Gasteiger partial charge in [0.15, 0.2) is 5.11 Å². The summed E-state index contributed by atoms with van der Waals surface area (Å²) in [6.07, 6.45) is 1.75. The maximum atomic E-state index is 11.0. The summed E-state index contributed by atoms with van der Waals surface area (Å²) in [6, 6.07) is 28.9. The van der Waals surface area contributed by atoms with Crippen molar-refractivity contribution in [1.29, 1.82) is 0 Å². The molecule has 1 saturated heterocycles. The van der Waals surface area contributed by atoms with Crippen LogP contribution in [0.1, 0.15) is 23.5 Å². The molecule has 7 nitrogen and oxygen atoms in total. The molecule has 0 amide bonds. The summed E-state index contributed by atoms with van der Waals surface area (Å²) < 4.78 is 6.41. The summed E-state index contributed by atoms with van der Waals surface area (Å²) in [4.78, 5) is 19.1. The van der Waals surface area contributed by atoms with E-state index in [1.54, 1.807) is 24.4 Å². The van der Waals surface area contributed by atoms with Crippen molar-refractivity contribution in [3.63, 3.8) is 0 Å². The first kappa shape index (κ1) is 27.3. The van der Waals surface area contributed by atoms with Gasteiger partial charge < -0.3 is 14.6 Å². The van der Waals surface area contributed by atoms with Crippen molar-refractivity contribution < 1.29 is 9.34 Å². The van der Waals surface area contributed by atoms with E-state index in [0.29, 0.717) is 32.2 Å². The fourth-order valence-corrected chi connectivity index (χ4v) is 6.28. The molecule has 0 bridgehead atoms. The summed E-state index contributed by atoms with van der Waals surface area (Å²) in [5.41, 5.74) is 2.46. The molecule has 1 fully saturated rings. The van der Waals surface area contributed by atoms with Gasteiger partial charge in [-0.3, -0.25) is 15.1 Å². The Kier molecular flexibility index (Phi) is 7.68. The molecule has 3 aromatic carbocycles. The third-order valence-corrected chi connectivity index (χ3v) is 8.78. The third-order valence-electron chi connectivity index (χ3n) is 6.63. The van der Waals surface area contributed by atoms with Crippen LogP contribution in [0.3, 0.4) is 0 Å². The number of thiocarbonyl (C=S) groups is 1. The minimum atomic E-state index is -0.406. The summed E-state index contributed by atoms with van der Waals surface area (Å²) in [5.74, 6) is 1.28. The maximum absolute atomic E-state index is 11.0. The lowest BCUT2D eigenvalue weighted by molar-refractivity contribution is -0.384. The summed E-state index contributed by atoms with van der Waals surface area (Å²) in [6.45, 7) is 0. The van der Waals surface area contributed by atoms with Gasteiger partial charge in [-0.25, -0.2) is 0 Å². The van der Waals surface area contributed by atoms with Crippen LogP contribution in [0.5, 0.6) is 0 Å². The third kappa shape index (κ3) is 5.54. The van der Waals surface area contributed by atoms with Crippen molar-refractivity contribution in [3.05, 3.63) is 135 Å². The minimum Gasteiger partial charge on any atom is -0.459 e. The zero-order chi connectivity index (χ0) is 28.5. The van der Waals surface area contributed by atoms with Crippen molar-refractivity contribution in [2.45, 2.75) is 21.9 Å². The summed E-state index contributed by atoms with van der Waals surface area (Å²) in [7, 11) is 0. The Morgan fingerprint density at radius 1 is 0.927 bits per heavy atom. The first-order valence-corrected chi connectivity index (χ1v) is 14.4. The number of halogens is 2. The highest BCUT2D eigenvalue weighted by Gasteiger charge is 2.42. The summed E-state index contributed by atoms with van der Waals surface area (Å²) in [5, 5.41) is 15.8. The Bertz CT molecular complexity index is 1730. The second kappa shape index (κ2) is 11.5. The number of hydrogen-bond donors (Lipinski definition) is 1. The molecule has 1 aliphatic rings. The molecule has 2 atom stereocenters. The molecular weight excluding hydrogens is 599 g/mol. The number of nitrogens with zero attached hydrogens (tertiary/aromatic N) is 3. The molecule has 3 heterocycles. The molecule has 0 spiro atoms. The number of anilines is 1. The molecule has 0 saturated carbocycles. The monoisotopic (exact) mass is 618 g/mol. The van der Waals surface area contributed by atoms with Crippen LogP contribution in [0.2, 0.25) is 10.0 Å². The van der Waals surface area contributed by atoms with Gasteiger partial charge in [0.1, 0.15) is 17.6 Å². The quantitative estimate of drug-likeness (QED) is 0.110. The van der Waals surface area contributed by atoms with Gasteiger partial charge in [0.05, 0.1) is 26.7 Å². The molecule has 6 rings (SSSR count). The largest absolute Gasteiger partial charge is 0.459 e. The zero-order valence-electron chi connectivity index (χ0n) is 21.1. The van der Waals surface area contributed by atoms with Gasteiger partial charge >= 0.3 is 0 Å². The Balaban J connectivity index is 1.33. The molecule has 204 valence electrons. The molecule has 2 aromatic heterocycles. The molecule has 2 unspecified atom stereocenters. The van der Waals surface area contributed by atoms with Crippen molar-refractivity contribution in [1.82, 2.24) is 10.3 Å². The van der Waals surface area contributed by atoms with E-state index in [1.165, 1.54) is 23.9 Å². The van der Waals surface area contributed by atoms with Crippen LogP contribution in [-0.4, -0.2) is 15.0 Å². The van der Waals surface area contributed by atoms with Gasteiger partial charge in [-0.1, -0.05) is 47.1 Å². The smallest absolute Gasteiger partial charge is 0.269 e. The maximum Gasteiger partial charge on any atom is 0.269 e. The van der Waals surface area contributed by atoms with Crippen molar-refractivity contribution in [2.24, 2.45) is 0 Å². The standard InChI is InChI=1S/C30H20Cl2N4O3S2/c31-23-5-3-4-22(27(23)32)25-15-16-26(39-25)29-28(24-6-1-2-17-33-24)34-30(40)35(29)18-7-11-20(12-8-18)41-21-13-9-19(10-14-21)36(37)38/h1-17,28-29H,(H,34,40). The van der Waals surface area contributed by atoms with Crippen molar-refractivity contribution in [2.75, 3.05) is 4.90 Å². The molecule has 0 aliphatic carbocycles. The van der Waals surface area contributed by atoms with Gasteiger partial charge in [-0.2, -0.15) is 0 Å². The highest BCUT2D eigenvalue weighted by Crippen LogP contribution is 2.44. The number of aromatic nitrogens is 1. The van der Waals surface area contributed by atoms with Crippen molar-refractivity contribution >= 4 is 63.7 Å². The predicted octanol–water partition coefficient (Wildman–Crippen LogP) is 8.88. The van der Waals surface area contributed by atoms with E-state index in [4.69, 9.17) is 39.8 Å². The number of hydrogen-bond acceptors (Lipinski definition) is 6. The topological polar surface area (TPSA) is 84.4 Å². The molecule has 1 aliphatic heterocycles. The molecule has 5 aromatic rings.